The Morgan fingerprint density at radius 3 is 2.28 bits per heavy atom. The molecule has 6 aliphatic heterocycles. The van der Waals surface area contributed by atoms with Gasteiger partial charge in [0.25, 0.3) is 11.8 Å². The van der Waals surface area contributed by atoms with Gasteiger partial charge in [0.1, 0.15) is 38.0 Å². The van der Waals surface area contributed by atoms with Crippen molar-refractivity contribution in [2.24, 2.45) is 7.05 Å². The first kappa shape index (κ1) is 47.8. The molecule has 4 amide bonds. The maximum atomic E-state index is 13.6. The minimum Gasteiger partial charge on any atom is -0.494 e. The number of nitrogens with one attached hydrogen (secondary N) is 3. The number of likely N-dealkylation sites (tertiary alicyclic amines) is 1. The van der Waals surface area contributed by atoms with Gasteiger partial charge in [-0.25, -0.2) is 4.98 Å². The van der Waals surface area contributed by atoms with Gasteiger partial charge in [-0.05, 0) is 91.0 Å². The molecular formula is C51H57BrN11O8P. The van der Waals surface area contributed by atoms with E-state index in [0.29, 0.717) is 86.6 Å². The first-order valence-electron chi connectivity index (χ1n) is 24.4. The molecule has 72 heavy (non-hydrogen) atoms. The van der Waals surface area contributed by atoms with Crippen molar-refractivity contribution >= 4 is 86.5 Å². The average molecular weight is 1060 g/mol. The van der Waals surface area contributed by atoms with E-state index in [2.05, 4.69) is 80.9 Å². The van der Waals surface area contributed by atoms with Gasteiger partial charge in [-0.2, -0.15) is 4.98 Å². The van der Waals surface area contributed by atoms with Crippen LogP contribution in [0.2, 0.25) is 0 Å². The third-order valence-corrected chi connectivity index (χ3v) is 16.9. The number of aryl methyl sites for hydroxylation is 1. The molecule has 0 bridgehead atoms. The second-order valence-electron chi connectivity index (χ2n) is 19.6. The second-order valence-corrected chi connectivity index (χ2v) is 23.6. The first-order chi connectivity index (χ1) is 34.7. The predicted octanol–water partition coefficient (Wildman–Crippen LogP) is 5.64. The highest BCUT2D eigenvalue weighted by Gasteiger charge is 2.45. The standard InChI is InChI=1S/C51H57BrN11O8P/c1-58-14-11-30(27-58)35-24-39(55-51-53-26-37(52)47(57-51)54-38-7-9-42-45(71-22-21-70-42)46(38)72(3,4)68)43(69-2)25-41(35)61-19-17-60(18-20-61)31-12-15-59(16-13-31)33-28-62(29-33)32-5-6-34-36(23-32)50(67)63(49(34)66)40-8-10-44(64)56-48(40)65/h5-7,9,11,14,23-27,31,33,40H,8,10,12-13,15-22,28-29H2,1-4H3,(H,56,64,65)(H2,53,54,55,57). The molecule has 2 aromatic heterocycles. The zero-order valence-corrected chi connectivity index (χ0v) is 43.1. The number of fused-ring (bicyclic) bond motifs is 2. The Hall–Kier alpha value is -6.47. The summed E-state index contributed by atoms with van der Waals surface area (Å²) in [6, 6.07) is 15.3. The molecule has 6 aliphatic rings. The van der Waals surface area contributed by atoms with Crippen LogP contribution in [0.25, 0.3) is 11.1 Å². The molecule has 0 saturated carbocycles. The van der Waals surface area contributed by atoms with Crippen molar-refractivity contribution in [3.05, 3.63) is 82.7 Å². The van der Waals surface area contributed by atoms with Crippen LogP contribution in [0.3, 0.4) is 0 Å². The molecule has 0 radical (unpaired) electrons. The summed E-state index contributed by atoms with van der Waals surface area (Å²) in [6.07, 6.45) is 8.25. The number of piperazine rings is 1. The van der Waals surface area contributed by atoms with Gasteiger partial charge in [0.15, 0.2) is 11.5 Å². The SMILES string of the molecule is COc1cc(N2CCN(C3CCN(C4CN(c5ccc6c(c5)C(=O)N(C5CCC(=O)NC5=O)C6=O)C4)CC3)CC2)c(-c2ccn(C)c2)cc1Nc1ncc(Br)c(Nc2ccc3c(c2P(C)(C)=O)OCCO3)n1. The zero-order valence-electron chi connectivity index (χ0n) is 40.7. The Balaban J connectivity index is 0.724. The number of piperidine rings is 2. The van der Waals surface area contributed by atoms with Crippen molar-refractivity contribution in [2.75, 3.05) is 106 Å². The van der Waals surface area contributed by atoms with Crippen LogP contribution in [-0.4, -0.2) is 157 Å². The number of halogens is 1. The summed E-state index contributed by atoms with van der Waals surface area (Å²) in [5.74, 6) is 0.555. The Kier molecular flexibility index (Phi) is 12.7. The highest BCUT2D eigenvalue weighted by molar-refractivity contribution is 9.10. The molecule has 1 atom stereocenters. The molecule has 21 heteroatoms. The number of hydrogen-bond donors (Lipinski definition) is 3. The molecule has 1 unspecified atom stereocenters. The van der Waals surface area contributed by atoms with Crippen LogP contribution in [0.5, 0.6) is 17.2 Å². The Labute approximate surface area is 425 Å². The zero-order chi connectivity index (χ0) is 50.0. The number of methoxy groups -OCH3 is 1. The Morgan fingerprint density at radius 2 is 1.56 bits per heavy atom. The Bertz CT molecular complexity index is 3050. The molecule has 8 heterocycles. The van der Waals surface area contributed by atoms with Crippen LogP contribution in [0.4, 0.5) is 34.5 Å². The van der Waals surface area contributed by atoms with Gasteiger partial charge in [-0.1, -0.05) is 0 Å². The lowest BCUT2D eigenvalue weighted by Gasteiger charge is -2.50. The van der Waals surface area contributed by atoms with Gasteiger partial charge < -0.3 is 43.8 Å². The fraction of sp³-hybridized carbons (Fsp3) is 0.412. The molecule has 19 nitrogen and oxygen atoms in total. The van der Waals surface area contributed by atoms with Crippen LogP contribution in [0.15, 0.2) is 71.6 Å². The lowest BCUT2D eigenvalue weighted by molar-refractivity contribution is -0.136. The van der Waals surface area contributed by atoms with Crippen LogP contribution >= 0.6 is 23.1 Å². The number of benzene rings is 3. The maximum Gasteiger partial charge on any atom is 0.262 e. The summed E-state index contributed by atoms with van der Waals surface area (Å²) < 4.78 is 34.1. The summed E-state index contributed by atoms with van der Waals surface area (Å²) in [5.41, 5.74) is 6.03. The fourth-order valence-electron chi connectivity index (χ4n) is 11.0. The molecule has 5 aromatic rings. The van der Waals surface area contributed by atoms with Crippen molar-refractivity contribution in [1.82, 2.24) is 34.6 Å². The monoisotopic (exact) mass is 1060 g/mol. The topological polar surface area (TPSA) is 196 Å². The lowest BCUT2D eigenvalue weighted by atomic mass is 9.97. The van der Waals surface area contributed by atoms with Crippen LogP contribution in [-0.2, 0) is 21.2 Å². The number of imide groups is 2. The van der Waals surface area contributed by atoms with Gasteiger partial charge >= 0.3 is 0 Å². The minimum atomic E-state index is -2.83. The van der Waals surface area contributed by atoms with Gasteiger partial charge in [0, 0.05) is 125 Å². The lowest BCUT2D eigenvalue weighted by Crippen LogP contribution is -2.62. The van der Waals surface area contributed by atoms with Gasteiger partial charge in [0.05, 0.1) is 39.4 Å². The van der Waals surface area contributed by atoms with E-state index in [4.69, 9.17) is 19.2 Å². The quantitative estimate of drug-likeness (QED) is 0.103. The largest absolute Gasteiger partial charge is 0.494 e. The fourth-order valence-corrected chi connectivity index (χ4v) is 12.7. The van der Waals surface area contributed by atoms with E-state index in [9.17, 15) is 23.7 Å². The molecule has 4 fully saturated rings. The molecule has 3 N–H and O–H groups in total. The van der Waals surface area contributed by atoms with Crippen LogP contribution < -0.4 is 45.3 Å². The van der Waals surface area contributed by atoms with E-state index in [1.807, 2.05) is 36.0 Å². The van der Waals surface area contributed by atoms with Gasteiger partial charge in [-0.3, -0.25) is 39.2 Å². The summed E-state index contributed by atoms with van der Waals surface area (Å²) >= 11 is 3.61. The number of rotatable bonds is 12. The molecule has 376 valence electrons. The third kappa shape index (κ3) is 9.07. The van der Waals surface area contributed by atoms with Crippen molar-refractivity contribution in [3.63, 3.8) is 0 Å². The first-order valence-corrected chi connectivity index (χ1v) is 27.8. The smallest absolute Gasteiger partial charge is 0.262 e. The second kappa shape index (κ2) is 19.2. The van der Waals surface area contributed by atoms with E-state index in [0.717, 1.165) is 92.6 Å². The summed E-state index contributed by atoms with van der Waals surface area (Å²) in [7, 11) is 0.863. The number of aromatic nitrogens is 3. The summed E-state index contributed by atoms with van der Waals surface area (Å²) in [6.45, 7) is 11.5. The molecule has 3 aromatic carbocycles. The molecule has 0 spiro atoms. The van der Waals surface area contributed by atoms with E-state index in [1.165, 1.54) is 0 Å². The number of hydrogen-bond acceptors (Lipinski definition) is 16. The molecular weight excluding hydrogens is 1010 g/mol. The van der Waals surface area contributed by atoms with E-state index in [-0.39, 0.29) is 12.8 Å². The van der Waals surface area contributed by atoms with Crippen LogP contribution in [0, 0.1) is 0 Å². The predicted molar refractivity (Wildman–Crippen MR) is 278 cm³/mol. The third-order valence-electron chi connectivity index (χ3n) is 14.8. The van der Waals surface area contributed by atoms with Crippen LogP contribution in [0.1, 0.15) is 46.4 Å². The maximum absolute atomic E-state index is 13.6. The molecule has 11 rings (SSSR count). The summed E-state index contributed by atoms with van der Waals surface area (Å²) in [5, 5.41) is 9.64. The van der Waals surface area contributed by atoms with E-state index >= 15 is 0 Å². The number of amides is 4. The molecule has 0 aliphatic carbocycles. The average Bonchev–Trinajstić information content (AvgIpc) is 3.90. The number of ether oxygens (including phenoxy) is 3. The molecule has 4 saturated heterocycles. The highest BCUT2D eigenvalue weighted by Crippen LogP contribution is 2.47. The van der Waals surface area contributed by atoms with E-state index in [1.54, 1.807) is 38.8 Å². The number of anilines is 6. The number of nitrogens with zero attached hydrogens (tertiary/aromatic N) is 8. The van der Waals surface area contributed by atoms with Gasteiger partial charge in [0.2, 0.25) is 17.8 Å². The summed E-state index contributed by atoms with van der Waals surface area (Å²) in [4.78, 5) is 71.3. The highest BCUT2D eigenvalue weighted by atomic mass is 79.9. The van der Waals surface area contributed by atoms with Crippen molar-refractivity contribution in [1.29, 1.82) is 0 Å². The van der Waals surface area contributed by atoms with Gasteiger partial charge in [-0.15, -0.1) is 0 Å². The number of carbonyl (C=O) groups excluding carboxylic acids is 4. The Morgan fingerprint density at radius 1 is 0.806 bits per heavy atom. The van der Waals surface area contributed by atoms with E-state index < -0.39 is 36.8 Å². The van der Waals surface area contributed by atoms with Crippen molar-refractivity contribution < 1.29 is 38.0 Å². The normalized spacial score (nSPS) is 20.1. The number of carbonyl (C=O) groups is 4. The van der Waals surface area contributed by atoms with Crippen molar-refractivity contribution in [2.45, 2.75) is 43.8 Å². The van der Waals surface area contributed by atoms with Crippen molar-refractivity contribution in [3.8, 4) is 28.4 Å². The minimum absolute atomic E-state index is 0.0885.